The fourth-order valence-corrected chi connectivity index (χ4v) is 9.51. The Bertz CT molecular complexity index is 1310. The fourth-order valence-electron chi connectivity index (χ4n) is 6.53. The van der Waals surface area contributed by atoms with Crippen molar-refractivity contribution in [3.8, 4) is 0 Å². The van der Waals surface area contributed by atoms with Gasteiger partial charge in [-0.15, -0.1) is 0 Å². The first-order valence-electron chi connectivity index (χ1n) is 14.6. The number of hydrogen-bond donors (Lipinski definition) is 1. The molecule has 5 rings (SSSR count). The first-order valence-corrected chi connectivity index (χ1v) is 17.2. The van der Waals surface area contributed by atoms with Crippen molar-refractivity contribution in [1.29, 1.82) is 0 Å². The number of hydrogen-bond acceptors (Lipinski definition) is 6. The first kappa shape index (κ1) is 32.0. The standard InChI is InChI=1S/C30H39Cl3N4O4S/c1-35-13-15-36(16-14-35)29(21-5-3-2-4-6-21)22-7-9-24(10-8-22)34-28(38)20-41-25-11-12-37(19-25)42(39,40)30-26(32)17-23(31)18-27(30)33/h2-6,17-18,22,24-25,29H,7-16,19-20H2,1H3,(H,34,38). The van der Waals surface area contributed by atoms with E-state index in [-0.39, 0.29) is 57.7 Å². The van der Waals surface area contributed by atoms with Gasteiger partial charge in [-0.2, -0.15) is 4.31 Å². The Hall–Kier alpha value is -1.43. The predicted molar refractivity (Wildman–Crippen MR) is 167 cm³/mol. The summed E-state index contributed by atoms with van der Waals surface area (Å²) in [5, 5.41) is 3.37. The van der Waals surface area contributed by atoms with E-state index in [1.54, 1.807) is 0 Å². The Labute approximate surface area is 264 Å². The van der Waals surface area contributed by atoms with E-state index in [0.717, 1.165) is 51.9 Å². The van der Waals surface area contributed by atoms with Gasteiger partial charge in [0.1, 0.15) is 11.5 Å². The zero-order valence-corrected chi connectivity index (χ0v) is 26.9. The molecule has 42 heavy (non-hydrogen) atoms. The summed E-state index contributed by atoms with van der Waals surface area (Å²) in [6.45, 7) is 4.60. The third-order valence-corrected chi connectivity index (χ3v) is 11.8. The lowest BCUT2D eigenvalue weighted by Gasteiger charge is -2.44. The van der Waals surface area contributed by atoms with Gasteiger partial charge in [0.15, 0.2) is 0 Å². The van der Waals surface area contributed by atoms with Crippen molar-refractivity contribution in [3.63, 3.8) is 0 Å². The lowest BCUT2D eigenvalue weighted by molar-refractivity contribution is -0.128. The Kier molecular flexibility index (Phi) is 10.7. The van der Waals surface area contributed by atoms with Gasteiger partial charge in [0.25, 0.3) is 0 Å². The second kappa shape index (κ2) is 14.1. The number of likely N-dealkylation sites (N-methyl/N-ethyl adjacent to an activating group) is 1. The van der Waals surface area contributed by atoms with Crippen LogP contribution in [-0.4, -0.2) is 93.5 Å². The highest BCUT2D eigenvalue weighted by atomic mass is 35.5. The van der Waals surface area contributed by atoms with E-state index in [0.29, 0.717) is 18.4 Å². The Morgan fingerprint density at radius 2 is 1.60 bits per heavy atom. The minimum absolute atomic E-state index is 0.0235. The zero-order chi connectivity index (χ0) is 29.9. The van der Waals surface area contributed by atoms with Gasteiger partial charge in [0.05, 0.1) is 16.1 Å². The molecule has 0 spiro atoms. The number of rotatable bonds is 9. The lowest BCUT2D eigenvalue weighted by atomic mass is 9.78. The van der Waals surface area contributed by atoms with Gasteiger partial charge in [0.2, 0.25) is 15.9 Å². The minimum atomic E-state index is -3.93. The van der Waals surface area contributed by atoms with E-state index in [2.05, 4.69) is 52.5 Å². The number of carbonyl (C=O) groups excluding carboxylic acids is 1. The van der Waals surface area contributed by atoms with Crippen molar-refractivity contribution in [2.45, 2.75) is 55.2 Å². The maximum atomic E-state index is 13.2. The normalized spacial score (nSPS) is 25.4. The SMILES string of the molecule is CN1CCN(C(c2ccccc2)C2CCC(NC(=O)COC3CCN(S(=O)(=O)c4c(Cl)cc(Cl)cc4Cl)C3)CC2)CC1. The van der Waals surface area contributed by atoms with E-state index < -0.39 is 10.0 Å². The molecule has 1 amide bonds. The topological polar surface area (TPSA) is 82.2 Å². The minimum Gasteiger partial charge on any atom is -0.367 e. The largest absolute Gasteiger partial charge is 0.367 e. The number of halogens is 3. The van der Waals surface area contributed by atoms with Crippen molar-refractivity contribution >= 4 is 50.7 Å². The molecule has 12 heteroatoms. The molecule has 1 aliphatic carbocycles. The molecule has 0 bridgehead atoms. The summed E-state index contributed by atoms with van der Waals surface area (Å²) < 4.78 is 33.5. The molecule has 2 aromatic rings. The van der Waals surface area contributed by atoms with Gasteiger partial charge in [-0.1, -0.05) is 65.1 Å². The molecule has 2 aliphatic heterocycles. The number of nitrogens with zero attached hydrogens (tertiary/aromatic N) is 3. The summed E-state index contributed by atoms with van der Waals surface area (Å²) in [6, 6.07) is 14.1. The highest BCUT2D eigenvalue weighted by Gasteiger charge is 2.37. The summed E-state index contributed by atoms with van der Waals surface area (Å²) >= 11 is 18.3. The quantitative estimate of drug-likeness (QED) is 0.405. The number of nitrogens with one attached hydrogen (secondary N) is 1. The van der Waals surface area contributed by atoms with Gasteiger partial charge in [-0.3, -0.25) is 9.69 Å². The summed E-state index contributed by atoms with van der Waals surface area (Å²) in [4.78, 5) is 17.6. The van der Waals surface area contributed by atoms with Crippen LogP contribution >= 0.6 is 34.8 Å². The Balaban J connectivity index is 1.09. The number of benzene rings is 2. The number of ether oxygens (including phenoxy) is 1. The van der Waals surface area contributed by atoms with E-state index in [1.807, 2.05) is 0 Å². The van der Waals surface area contributed by atoms with Gasteiger partial charge in [-0.25, -0.2) is 8.42 Å². The van der Waals surface area contributed by atoms with Gasteiger partial charge >= 0.3 is 0 Å². The van der Waals surface area contributed by atoms with Crippen LogP contribution in [0.25, 0.3) is 0 Å². The summed E-state index contributed by atoms with van der Waals surface area (Å²) in [6.07, 6.45) is 4.08. The highest BCUT2D eigenvalue weighted by Crippen LogP contribution is 2.39. The molecule has 3 fully saturated rings. The summed E-state index contributed by atoms with van der Waals surface area (Å²) in [5.74, 6) is 0.386. The van der Waals surface area contributed by atoms with Crippen LogP contribution in [0.4, 0.5) is 0 Å². The molecule has 0 radical (unpaired) electrons. The number of amides is 1. The molecule has 2 atom stereocenters. The monoisotopic (exact) mass is 656 g/mol. The maximum absolute atomic E-state index is 13.2. The van der Waals surface area contributed by atoms with E-state index in [4.69, 9.17) is 39.5 Å². The number of piperazine rings is 1. The molecule has 1 N–H and O–H groups in total. The first-order chi connectivity index (χ1) is 20.1. The highest BCUT2D eigenvalue weighted by molar-refractivity contribution is 7.89. The van der Waals surface area contributed by atoms with Crippen molar-refractivity contribution < 1.29 is 17.9 Å². The van der Waals surface area contributed by atoms with E-state index in [1.165, 1.54) is 22.0 Å². The van der Waals surface area contributed by atoms with Crippen LogP contribution in [0.2, 0.25) is 15.1 Å². The summed E-state index contributed by atoms with van der Waals surface area (Å²) in [7, 11) is -1.75. The molecule has 2 saturated heterocycles. The number of carbonyl (C=O) groups is 1. The molecule has 0 aromatic heterocycles. The van der Waals surface area contributed by atoms with E-state index in [9.17, 15) is 13.2 Å². The van der Waals surface area contributed by atoms with Gasteiger partial charge < -0.3 is 15.0 Å². The van der Waals surface area contributed by atoms with Gasteiger partial charge in [0, 0.05) is 56.4 Å². The fraction of sp³-hybridized carbons (Fsp3) is 0.567. The smallest absolute Gasteiger partial charge is 0.246 e. The van der Waals surface area contributed by atoms with Crippen LogP contribution in [0.15, 0.2) is 47.4 Å². The molecular formula is C30H39Cl3N4O4S. The average Bonchev–Trinajstić information content (AvgIpc) is 3.44. The second-order valence-electron chi connectivity index (χ2n) is 11.7. The molecule has 1 saturated carbocycles. The molecule has 3 aliphatic rings. The van der Waals surface area contributed by atoms with E-state index >= 15 is 0 Å². The van der Waals surface area contributed by atoms with Crippen LogP contribution in [0.5, 0.6) is 0 Å². The summed E-state index contributed by atoms with van der Waals surface area (Å²) in [5.41, 5.74) is 1.39. The predicted octanol–water partition coefficient (Wildman–Crippen LogP) is 5.09. The van der Waals surface area contributed by atoms with Crippen molar-refractivity contribution in [3.05, 3.63) is 63.1 Å². The molecule has 2 unspecified atom stereocenters. The third kappa shape index (κ3) is 7.61. The Morgan fingerprint density at radius 3 is 2.24 bits per heavy atom. The zero-order valence-electron chi connectivity index (χ0n) is 23.9. The van der Waals surface area contributed by atoms with Crippen molar-refractivity contribution in [1.82, 2.24) is 19.4 Å². The Morgan fingerprint density at radius 1 is 0.952 bits per heavy atom. The average molecular weight is 658 g/mol. The molecule has 2 aromatic carbocycles. The van der Waals surface area contributed by atoms with Crippen LogP contribution in [0.3, 0.4) is 0 Å². The molecule has 230 valence electrons. The molecule has 2 heterocycles. The van der Waals surface area contributed by atoms with Crippen LogP contribution < -0.4 is 5.32 Å². The van der Waals surface area contributed by atoms with Gasteiger partial charge in [-0.05, 0) is 62.8 Å². The third-order valence-electron chi connectivity index (χ3n) is 8.77. The van der Waals surface area contributed by atoms with Crippen LogP contribution in [-0.2, 0) is 19.6 Å². The van der Waals surface area contributed by atoms with Crippen molar-refractivity contribution in [2.24, 2.45) is 5.92 Å². The second-order valence-corrected chi connectivity index (χ2v) is 14.8. The number of sulfonamides is 1. The van der Waals surface area contributed by atoms with Crippen LogP contribution in [0, 0.1) is 5.92 Å². The van der Waals surface area contributed by atoms with Crippen LogP contribution in [0.1, 0.15) is 43.7 Å². The lowest BCUT2D eigenvalue weighted by Crippen LogP contribution is -2.48. The molecular weight excluding hydrogens is 619 g/mol. The molecule has 8 nitrogen and oxygen atoms in total. The maximum Gasteiger partial charge on any atom is 0.246 e. The van der Waals surface area contributed by atoms with Crippen molar-refractivity contribution in [2.75, 3.05) is 52.9 Å².